The van der Waals surface area contributed by atoms with E-state index in [1.165, 1.54) is 12.1 Å². The number of para-hydroxylation sites is 1. The largest absolute Gasteiger partial charge is 0.573 e. The number of alkyl halides is 3. The number of hydrogen-bond acceptors (Lipinski definition) is 5. The van der Waals surface area contributed by atoms with Gasteiger partial charge in [0.05, 0.1) is 19.0 Å². The number of ether oxygens (including phenoxy) is 2. The molecule has 0 amide bonds. The summed E-state index contributed by atoms with van der Waals surface area (Å²) < 4.78 is 74.1. The van der Waals surface area contributed by atoms with Crippen LogP contribution in [0.15, 0.2) is 24.3 Å². The number of hydrogen-bond donors (Lipinski definition) is 2. The molecule has 0 unspecified atom stereocenters. The number of sulfonamides is 1. The normalized spacial score (nSPS) is 28.3. The van der Waals surface area contributed by atoms with Crippen molar-refractivity contribution in [3.8, 4) is 5.75 Å². The zero-order valence-electron chi connectivity index (χ0n) is 17.0. The van der Waals surface area contributed by atoms with Crippen LogP contribution in [0.2, 0.25) is 0 Å². The van der Waals surface area contributed by atoms with Gasteiger partial charge in [-0.3, -0.25) is 0 Å². The lowest BCUT2D eigenvalue weighted by Gasteiger charge is -2.35. The van der Waals surface area contributed by atoms with Crippen molar-refractivity contribution >= 4 is 10.0 Å². The zero-order valence-corrected chi connectivity index (χ0v) is 17.8. The van der Waals surface area contributed by atoms with Gasteiger partial charge in [-0.15, -0.1) is 13.2 Å². The Morgan fingerprint density at radius 3 is 2.50 bits per heavy atom. The Morgan fingerprint density at radius 2 is 1.83 bits per heavy atom. The van der Waals surface area contributed by atoms with E-state index < -0.39 is 16.4 Å². The van der Waals surface area contributed by atoms with Crippen LogP contribution in [0.3, 0.4) is 0 Å². The van der Waals surface area contributed by atoms with E-state index in [4.69, 9.17) is 4.74 Å². The number of benzene rings is 1. The SMILES string of the molecule is CS(=O)(=O)N[C@H]1CCCN[C@H]1CO[C@H]1CC[C@@H](c2ccccc2OC(F)(F)F)CC1. The quantitative estimate of drug-likeness (QED) is 0.667. The third kappa shape index (κ3) is 7.11. The van der Waals surface area contributed by atoms with Crippen LogP contribution in [0.1, 0.15) is 50.0 Å². The van der Waals surface area contributed by atoms with Gasteiger partial charge in [0.25, 0.3) is 0 Å². The fraction of sp³-hybridized carbons (Fsp3) is 0.700. The van der Waals surface area contributed by atoms with E-state index in [2.05, 4.69) is 14.8 Å². The smallest absolute Gasteiger partial charge is 0.405 e. The van der Waals surface area contributed by atoms with Gasteiger partial charge in [-0.25, -0.2) is 13.1 Å². The van der Waals surface area contributed by atoms with Crippen molar-refractivity contribution in [2.24, 2.45) is 0 Å². The van der Waals surface area contributed by atoms with Crippen LogP contribution in [-0.4, -0.2) is 52.4 Å². The second-order valence-corrected chi connectivity index (χ2v) is 9.87. The standard InChI is InChI=1S/C20H29F3N2O4S/c1-30(26,27)25-17-6-4-12-24-18(17)13-28-15-10-8-14(9-11-15)16-5-2-3-7-19(16)29-20(21,22)23/h2-3,5,7,14-15,17-18,24-25H,4,6,8-13H2,1H3/t14-,15+,17-,18-/m0/s1. The van der Waals surface area contributed by atoms with Gasteiger partial charge in [-0.05, 0) is 62.6 Å². The lowest BCUT2D eigenvalue weighted by molar-refractivity contribution is -0.275. The van der Waals surface area contributed by atoms with Crippen LogP contribution >= 0.6 is 0 Å². The van der Waals surface area contributed by atoms with Crippen LogP contribution in [0, 0.1) is 0 Å². The van der Waals surface area contributed by atoms with E-state index in [0.29, 0.717) is 25.0 Å². The highest BCUT2D eigenvalue weighted by atomic mass is 32.2. The molecule has 1 aromatic rings. The van der Waals surface area contributed by atoms with Gasteiger partial charge in [0, 0.05) is 12.1 Å². The fourth-order valence-corrected chi connectivity index (χ4v) is 5.19. The van der Waals surface area contributed by atoms with E-state index in [1.807, 2.05) is 0 Å². The molecule has 1 saturated carbocycles. The summed E-state index contributed by atoms with van der Waals surface area (Å²) in [6, 6.07) is 6.03. The second kappa shape index (κ2) is 9.84. The molecule has 2 atom stereocenters. The summed E-state index contributed by atoms with van der Waals surface area (Å²) >= 11 is 0. The molecule has 2 N–H and O–H groups in total. The van der Waals surface area contributed by atoms with E-state index >= 15 is 0 Å². The molecular weight excluding hydrogens is 421 g/mol. The van der Waals surface area contributed by atoms with Crippen molar-refractivity contribution in [2.75, 3.05) is 19.4 Å². The second-order valence-electron chi connectivity index (χ2n) is 8.09. The number of piperidine rings is 1. The van der Waals surface area contributed by atoms with Crippen molar-refractivity contribution in [3.05, 3.63) is 29.8 Å². The molecule has 170 valence electrons. The highest BCUT2D eigenvalue weighted by Gasteiger charge is 2.34. The zero-order chi connectivity index (χ0) is 21.8. The first-order chi connectivity index (χ1) is 14.1. The predicted octanol–water partition coefficient (Wildman–Crippen LogP) is 3.30. The summed E-state index contributed by atoms with van der Waals surface area (Å²) in [5.41, 5.74) is 0.583. The van der Waals surface area contributed by atoms with E-state index in [1.54, 1.807) is 12.1 Å². The Balaban J connectivity index is 1.51. The molecule has 0 bridgehead atoms. The first-order valence-corrected chi connectivity index (χ1v) is 12.2. The molecule has 6 nitrogen and oxygen atoms in total. The molecule has 1 saturated heterocycles. The molecule has 0 radical (unpaired) electrons. The molecule has 2 fully saturated rings. The summed E-state index contributed by atoms with van der Waals surface area (Å²) in [6.07, 6.45) is 1.02. The predicted molar refractivity (Wildman–Crippen MR) is 107 cm³/mol. The van der Waals surface area contributed by atoms with Crippen molar-refractivity contribution < 1.29 is 31.1 Å². The molecule has 1 aliphatic heterocycles. The lowest BCUT2D eigenvalue weighted by Crippen LogP contribution is -2.55. The number of halogens is 3. The molecule has 0 spiro atoms. The monoisotopic (exact) mass is 450 g/mol. The van der Waals surface area contributed by atoms with Crippen molar-refractivity contribution in [1.82, 2.24) is 10.0 Å². The Bertz CT molecular complexity index is 795. The number of rotatable bonds is 7. The Kier molecular flexibility index (Phi) is 7.65. The van der Waals surface area contributed by atoms with Crippen LogP contribution in [0.4, 0.5) is 13.2 Å². The van der Waals surface area contributed by atoms with Crippen molar-refractivity contribution in [1.29, 1.82) is 0 Å². The third-order valence-electron chi connectivity index (χ3n) is 5.72. The maximum absolute atomic E-state index is 12.7. The molecule has 30 heavy (non-hydrogen) atoms. The summed E-state index contributed by atoms with van der Waals surface area (Å²) in [5, 5.41) is 3.32. The Morgan fingerprint density at radius 1 is 1.13 bits per heavy atom. The maximum atomic E-state index is 12.7. The minimum atomic E-state index is -4.71. The summed E-state index contributed by atoms with van der Waals surface area (Å²) in [4.78, 5) is 0. The molecule has 1 aliphatic carbocycles. The lowest BCUT2D eigenvalue weighted by atomic mass is 9.82. The molecule has 1 heterocycles. The van der Waals surface area contributed by atoms with E-state index in [9.17, 15) is 21.6 Å². The number of nitrogens with one attached hydrogen (secondary N) is 2. The minimum absolute atomic E-state index is 0.00384. The van der Waals surface area contributed by atoms with Gasteiger partial charge in [0.2, 0.25) is 10.0 Å². The van der Waals surface area contributed by atoms with Gasteiger partial charge in [0.1, 0.15) is 5.75 Å². The summed E-state index contributed by atoms with van der Waals surface area (Å²) in [5.74, 6) is -0.133. The van der Waals surface area contributed by atoms with E-state index in [0.717, 1.165) is 38.5 Å². The maximum Gasteiger partial charge on any atom is 0.573 e. The van der Waals surface area contributed by atoms with Gasteiger partial charge >= 0.3 is 6.36 Å². The van der Waals surface area contributed by atoms with Gasteiger partial charge in [-0.2, -0.15) is 0 Å². The highest BCUT2D eigenvalue weighted by Crippen LogP contribution is 2.39. The average molecular weight is 451 g/mol. The van der Waals surface area contributed by atoms with Gasteiger partial charge in [-0.1, -0.05) is 18.2 Å². The molecule has 1 aromatic carbocycles. The van der Waals surface area contributed by atoms with Crippen LogP contribution in [0.25, 0.3) is 0 Å². The Labute approximate surface area is 175 Å². The van der Waals surface area contributed by atoms with Crippen molar-refractivity contribution in [3.63, 3.8) is 0 Å². The minimum Gasteiger partial charge on any atom is -0.405 e. The van der Waals surface area contributed by atoms with Gasteiger partial charge < -0.3 is 14.8 Å². The van der Waals surface area contributed by atoms with E-state index in [-0.39, 0.29) is 29.9 Å². The van der Waals surface area contributed by atoms with Gasteiger partial charge in [0.15, 0.2) is 0 Å². The van der Waals surface area contributed by atoms with Crippen LogP contribution < -0.4 is 14.8 Å². The molecule has 3 rings (SSSR count). The molecule has 2 aliphatic rings. The molecule has 0 aromatic heterocycles. The fourth-order valence-electron chi connectivity index (χ4n) is 4.36. The Hall–Kier alpha value is -1.36. The molecule has 10 heteroatoms. The first-order valence-electron chi connectivity index (χ1n) is 10.3. The molecular formula is C20H29F3N2O4S. The van der Waals surface area contributed by atoms with Crippen LogP contribution in [0.5, 0.6) is 5.75 Å². The topological polar surface area (TPSA) is 76.7 Å². The summed E-state index contributed by atoms with van der Waals surface area (Å²) in [6.45, 7) is 1.22. The third-order valence-corrected chi connectivity index (χ3v) is 6.45. The average Bonchev–Trinajstić information content (AvgIpc) is 2.66. The summed E-state index contributed by atoms with van der Waals surface area (Å²) in [7, 11) is -3.29. The van der Waals surface area contributed by atoms with Crippen molar-refractivity contribution in [2.45, 2.75) is 69.0 Å². The highest BCUT2D eigenvalue weighted by molar-refractivity contribution is 7.88. The first kappa shape index (κ1) is 23.3. The van der Waals surface area contributed by atoms with Crippen LogP contribution in [-0.2, 0) is 14.8 Å².